The third-order valence-corrected chi connectivity index (χ3v) is 5.53. The molecule has 0 atom stereocenters. The lowest BCUT2D eigenvalue weighted by Gasteiger charge is -2.54. The summed E-state index contributed by atoms with van der Waals surface area (Å²) in [6.07, 6.45) is 9.37. The van der Waals surface area contributed by atoms with Crippen LogP contribution in [0.1, 0.15) is 62.5 Å². The molecule has 0 heterocycles. The summed E-state index contributed by atoms with van der Waals surface area (Å²) in [4.78, 5) is 11.9. The minimum absolute atomic E-state index is 0.319. The molecular weight excluding hydrogens is 248 g/mol. The number of rotatable bonds is 2. The molecule has 2 aliphatic carbocycles. The van der Waals surface area contributed by atoms with Crippen LogP contribution in [0.3, 0.4) is 0 Å². The summed E-state index contributed by atoms with van der Waals surface area (Å²) < 4.78 is 0. The van der Waals surface area contributed by atoms with E-state index in [1.165, 1.54) is 44.1 Å². The molecule has 2 aliphatic rings. The van der Waals surface area contributed by atoms with E-state index >= 15 is 0 Å². The normalized spacial score (nSPS) is 23.9. The number of aryl methyl sites for hydroxylation is 1. The van der Waals surface area contributed by atoms with Gasteiger partial charge in [-0.2, -0.15) is 0 Å². The number of carboxylic acid groups (broad SMARTS) is 1. The van der Waals surface area contributed by atoms with E-state index in [1.807, 2.05) is 31.2 Å². The van der Waals surface area contributed by atoms with Crippen molar-refractivity contribution in [3.8, 4) is 0 Å². The molecule has 1 spiro atoms. The lowest BCUT2D eigenvalue weighted by Crippen LogP contribution is -2.54. The Morgan fingerprint density at radius 3 is 2.05 bits per heavy atom. The van der Waals surface area contributed by atoms with Gasteiger partial charge in [-0.25, -0.2) is 0 Å². The Hall–Kier alpha value is -1.31. The molecule has 2 fully saturated rings. The second-order valence-electron chi connectivity index (χ2n) is 7.02. The molecule has 0 bridgehead atoms. The monoisotopic (exact) mass is 272 g/mol. The number of aliphatic carboxylic acids is 1. The standard InChI is InChI=1S/C18H24O2/c1-14-6-8-15(9-7-14)18(16(19)20)12-17(13-18)10-4-2-3-5-11-17/h6-9H,2-5,10-13H2,1H3,(H,19,20). The first-order valence-corrected chi connectivity index (χ1v) is 7.87. The summed E-state index contributed by atoms with van der Waals surface area (Å²) in [5, 5.41) is 9.79. The SMILES string of the molecule is Cc1ccc(C2(C(=O)O)CC3(CCCCCC3)C2)cc1. The fourth-order valence-corrected chi connectivity index (χ4v) is 4.41. The van der Waals surface area contributed by atoms with Gasteiger partial charge in [-0.15, -0.1) is 0 Å². The average molecular weight is 272 g/mol. The van der Waals surface area contributed by atoms with Gasteiger partial charge in [-0.05, 0) is 43.6 Å². The fourth-order valence-electron chi connectivity index (χ4n) is 4.41. The summed E-state index contributed by atoms with van der Waals surface area (Å²) in [5.74, 6) is -0.628. The van der Waals surface area contributed by atoms with Crippen LogP contribution in [-0.2, 0) is 10.2 Å². The maximum atomic E-state index is 11.9. The fraction of sp³-hybridized carbons (Fsp3) is 0.611. The molecule has 1 aromatic rings. The highest BCUT2D eigenvalue weighted by Gasteiger charge is 2.59. The number of carbonyl (C=O) groups is 1. The quantitative estimate of drug-likeness (QED) is 0.863. The van der Waals surface area contributed by atoms with Crippen molar-refractivity contribution in [3.05, 3.63) is 35.4 Å². The van der Waals surface area contributed by atoms with Gasteiger partial charge in [-0.1, -0.05) is 55.5 Å². The van der Waals surface area contributed by atoms with Crippen molar-refractivity contribution in [2.45, 2.75) is 63.7 Å². The first kappa shape index (κ1) is 13.7. The molecule has 0 radical (unpaired) electrons. The summed E-state index contributed by atoms with van der Waals surface area (Å²) in [6, 6.07) is 8.12. The molecule has 0 unspecified atom stereocenters. The van der Waals surface area contributed by atoms with E-state index < -0.39 is 11.4 Å². The number of hydrogen-bond acceptors (Lipinski definition) is 1. The Balaban J connectivity index is 1.85. The van der Waals surface area contributed by atoms with Crippen molar-refractivity contribution in [2.24, 2.45) is 5.41 Å². The third-order valence-electron chi connectivity index (χ3n) is 5.53. The van der Waals surface area contributed by atoms with Gasteiger partial charge in [0.2, 0.25) is 0 Å². The minimum Gasteiger partial charge on any atom is -0.481 e. The predicted molar refractivity (Wildman–Crippen MR) is 79.9 cm³/mol. The van der Waals surface area contributed by atoms with Crippen LogP contribution in [0.4, 0.5) is 0 Å². The van der Waals surface area contributed by atoms with E-state index in [1.54, 1.807) is 0 Å². The van der Waals surface area contributed by atoms with E-state index in [4.69, 9.17) is 0 Å². The first-order valence-electron chi connectivity index (χ1n) is 7.87. The van der Waals surface area contributed by atoms with E-state index in [2.05, 4.69) is 0 Å². The van der Waals surface area contributed by atoms with Crippen LogP contribution >= 0.6 is 0 Å². The van der Waals surface area contributed by atoms with Crippen LogP contribution < -0.4 is 0 Å². The maximum Gasteiger partial charge on any atom is 0.314 e. The number of benzene rings is 1. The van der Waals surface area contributed by atoms with Gasteiger partial charge < -0.3 is 5.11 Å². The van der Waals surface area contributed by atoms with Gasteiger partial charge in [0.1, 0.15) is 0 Å². The maximum absolute atomic E-state index is 11.9. The molecule has 1 aromatic carbocycles. The zero-order valence-electron chi connectivity index (χ0n) is 12.3. The Morgan fingerprint density at radius 2 is 1.55 bits per heavy atom. The topological polar surface area (TPSA) is 37.3 Å². The van der Waals surface area contributed by atoms with Crippen molar-refractivity contribution in [1.29, 1.82) is 0 Å². The molecule has 0 aliphatic heterocycles. The molecule has 2 heteroatoms. The van der Waals surface area contributed by atoms with Gasteiger partial charge in [0.15, 0.2) is 0 Å². The smallest absolute Gasteiger partial charge is 0.314 e. The lowest BCUT2D eigenvalue weighted by atomic mass is 9.48. The Bertz CT molecular complexity index is 485. The van der Waals surface area contributed by atoms with Gasteiger partial charge in [-0.3, -0.25) is 4.79 Å². The van der Waals surface area contributed by atoms with Crippen molar-refractivity contribution < 1.29 is 9.90 Å². The second kappa shape index (κ2) is 4.91. The van der Waals surface area contributed by atoms with Crippen LogP contribution in [0, 0.1) is 12.3 Å². The van der Waals surface area contributed by atoms with Crippen LogP contribution in [0.5, 0.6) is 0 Å². The molecule has 20 heavy (non-hydrogen) atoms. The van der Waals surface area contributed by atoms with Gasteiger partial charge >= 0.3 is 5.97 Å². The van der Waals surface area contributed by atoms with Crippen molar-refractivity contribution in [2.75, 3.05) is 0 Å². The van der Waals surface area contributed by atoms with Gasteiger partial charge in [0, 0.05) is 0 Å². The van der Waals surface area contributed by atoms with Crippen LogP contribution in [0.2, 0.25) is 0 Å². The molecule has 1 N–H and O–H groups in total. The highest BCUT2D eigenvalue weighted by atomic mass is 16.4. The highest BCUT2D eigenvalue weighted by Crippen LogP contribution is 2.61. The summed E-state index contributed by atoms with van der Waals surface area (Å²) in [7, 11) is 0. The van der Waals surface area contributed by atoms with Crippen LogP contribution in [0.25, 0.3) is 0 Å². The second-order valence-corrected chi connectivity index (χ2v) is 7.02. The first-order chi connectivity index (χ1) is 9.56. The minimum atomic E-state index is -0.628. The van der Waals surface area contributed by atoms with Crippen molar-refractivity contribution in [1.82, 2.24) is 0 Å². The molecule has 2 saturated carbocycles. The third kappa shape index (κ3) is 2.15. The Kier molecular flexibility index (Phi) is 3.35. The van der Waals surface area contributed by atoms with Gasteiger partial charge in [0.05, 0.1) is 5.41 Å². The largest absolute Gasteiger partial charge is 0.481 e. The van der Waals surface area contributed by atoms with Crippen LogP contribution in [-0.4, -0.2) is 11.1 Å². The van der Waals surface area contributed by atoms with E-state index in [9.17, 15) is 9.90 Å². The average Bonchev–Trinajstić information content (AvgIpc) is 2.63. The zero-order valence-corrected chi connectivity index (χ0v) is 12.3. The Labute approximate surface area is 121 Å². The number of hydrogen-bond donors (Lipinski definition) is 1. The van der Waals surface area contributed by atoms with E-state index in [0.29, 0.717) is 5.41 Å². The number of carboxylic acids is 1. The van der Waals surface area contributed by atoms with Crippen LogP contribution in [0.15, 0.2) is 24.3 Å². The molecular formula is C18H24O2. The molecule has 0 aromatic heterocycles. The van der Waals surface area contributed by atoms with E-state index in [-0.39, 0.29) is 0 Å². The zero-order chi connectivity index (χ0) is 14.2. The Morgan fingerprint density at radius 1 is 1.00 bits per heavy atom. The molecule has 3 rings (SSSR count). The molecule has 0 saturated heterocycles. The molecule has 2 nitrogen and oxygen atoms in total. The molecule has 108 valence electrons. The van der Waals surface area contributed by atoms with Crippen molar-refractivity contribution >= 4 is 5.97 Å². The summed E-state index contributed by atoms with van der Waals surface area (Å²) in [6.45, 7) is 2.05. The highest BCUT2D eigenvalue weighted by molar-refractivity contribution is 5.83. The van der Waals surface area contributed by atoms with E-state index in [0.717, 1.165) is 18.4 Å². The van der Waals surface area contributed by atoms with Gasteiger partial charge in [0.25, 0.3) is 0 Å². The summed E-state index contributed by atoms with van der Waals surface area (Å²) >= 11 is 0. The lowest BCUT2D eigenvalue weighted by molar-refractivity contribution is -0.155. The predicted octanol–water partition coefficient (Wildman–Crippen LogP) is 4.45. The molecule has 0 amide bonds. The summed E-state index contributed by atoms with van der Waals surface area (Å²) in [5.41, 5.74) is 1.90. The van der Waals surface area contributed by atoms with Crippen molar-refractivity contribution in [3.63, 3.8) is 0 Å².